The third kappa shape index (κ3) is 3.07. The lowest BCUT2D eigenvalue weighted by atomic mass is 9.92. The first kappa shape index (κ1) is 17.7. The number of nitrogens with one attached hydrogen (secondary N) is 2. The fraction of sp³-hybridized carbons (Fsp3) is 0.412. The SMILES string of the molecule is Cc1cc(NC(=O)CCN2C(=O)NC(C)(c3cc(C)oc3C)C2=O)no1. The van der Waals surface area contributed by atoms with Crippen molar-refractivity contribution in [1.29, 1.82) is 0 Å². The van der Waals surface area contributed by atoms with Gasteiger partial charge in [-0.3, -0.25) is 14.5 Å². The Morgan fingerprint density at radius 2 is 2.00 bits per heavy atom. The molecule has 4 amide bonds. The van der Waals surface area contributed by atoms with Crippen molar-refractivity contribution in [3.05, 3.63) is 35.0 Å². The van der Waals surface area contributed by atoms with Gasteiger partial charge in [-0.2, -0.15) is 0 Å². The molecule has 1 atom stereocenters. The summed E-state index contributed by atoms with van der Waals surface area (Å²) in [6, 6.07) is 2.77. The normalized spacial score (nSPS) is 19.8. The molecule has 0 aromatic carbocycles. The van der Waals surface area contributed by atoms with E-state index in [2.05, 4.69) is 15.8 Å². The second kappa shape index (κ2) is 6.32. The summed E-state index contributed by atoms with van der Waals surface area (Å²) in [5, 5.41) is 8.91. The van der Waals surface area contributed by atoms with Crippen LogP contribution in [0.3, 0.4) is 0 Å². The number of carbonyl (C=O) groups excluding carboxylic acids is 3. The van der Waals surface area contributed by atoms with Crippen LogP contribution in [0.5, 0.6) is 0 Å². The molecule has 2 aromatic rings. The van der Waals surface area contributed by atoms with Crippen LogP contribution in [-0.4, -0.2) is 34.4 Å². The van der Waals surface area contributed by atoms with Gasteiger partial charge in [0, 0.05) is 24.6 Å². The van der Waals surface area contributed by atoms with Gasteiger partial charge in [-0.05, 0) is 33.8 Å². The molecule has 1 unspecified atom stereocenters. The van der Waals surface area contributed by atoms with Crippen LogP contribution >= 0.6 is 0 Å². The predicted molar refractivity (Wildman–Crippen MR) is 90.3 cm³/mol. The number of nitrogens with zero attached hydrogens (tertiary/aromatic N) is 2. The summed E-state index contributed by atoms with van der Waals surface area (Å²) in [6.45, 7) is 6.80. The molecule has 9 heteroatoms. The Kier molecular flexibility index (Phi) is 4.31. The summed E-state index contributed by atoms with van der Waals surface area (Å²) in [5.41, 5.74) is -0.600. The fourth-order valence-electron chi connectivity index (χ4n) is 3.05. The minimum Gasteiger partial charge on any atom is -0.466 e. The third-order valence-electron chi connectivity index (χ3n) is 4.31. The first-order valence-electron chi connectivity index (χ1n) is 8.15. The minimum atomic E-state index is -1.21. The van der Waals surface area contributed by atoms with E-state index in [1.54, 1.807) is 39.8 Å². The molecular formula is C17H20N4O5. The summed E-state index contributed by atoms with van der Waals surface area (Å²) in [5.74, 6) is 1.29. The summed E-state index contributed by atoms with van der Waals surface area (Å²) < 4.78 is 10.3. The predicted octanol–water partition coefficient (Wildman–Crippen LogP) is 1.99. The summed E-state index contributed by atoms with van der Waals surface area (Å²) in [7, 11) is 0. The Balaban J connectivity index is 1.67. The molecule has 2 N–H and O–H groups in total. The Labute approximate surface area is 149 Å². The largest absolute Gasteiger partial charge is 0.466 e. The van der Waals surface area contributed by atoms with Crippen molar-refractivity contribution < 1.29 is 23.3 Å². The molecule has 9 nitrogen and oxygen atoms in total. The molecular weight excluding hydrogens is 340 g/mol. The highest BCUT2D eigenvalue weighted by Gasteiger charge is 2.50. The van der Waals surface area contributed by atoms with Crippen molar-refractivity contribution in [2.24, 2.45) is 0 Å². The van der Waals surface area contributed by atoms with Crippen LogP contribution in [0.2, 0.25) is 0 Å². The Bertz CT molecular complexity index is 884. The van der Waals surface area contributed by atoms with Crippen molar-refractivity contribution in [3.63, 3.8) is 0 Å². The lowest BCUT2D eigenvalue weighted by Gasteiger charge is -2.21. The van der Waals surface area contributed by atoms with Gasteiger partial charge < -0.3 is 19.6 Å². The van der Waals surface area contributed by atoms with Gasteiger partial charge in [-0.1, -0.05) is 5.16 Å². The Hall–Kier alpha value is -3.10. The molecule has 2 aromatic heterocycles. The highest BCUT2D eigenvalue weighted by atomic mass is 16.5. The molecule has 0 spiro atoms. The number of anilines is 1. The number of hydrogen-bond acceptors (Lipinski definition) is 6. The molecule has 0 bridgehead atoms. The number of urea groups is 1. The van der Waals surface area contributed by atoms with Gasteiger partial charge >= 0.3 is 6.03 Å². The van der Waals surface area contributed by atoms with Gasteiger partial charge in [-0.15, -0.1) is 0 Å². The van der Waals surface area contributed by atoms with E-state index >= 15 is 0 Å². The average Bonchev–Trinajstić information content (AvgIpc) is 3.17. The first-order chi connectivity index (χ1) is 12.2. The lowest BCUT2D eigenvalue weighted by molar-refractivity contribution is -0.131. The number of rotatable bonds is 5. The van der Waals surface area contributed by atoms with Crippen molar-refractivity contribution >= 4 is 23.7 Å². The van der Waals surface area contributed by atoms with Gasteiger partial charge in [0.15, 0.2) is 5.82 Å². The molecule has 0 aliphatic carbocycles. The van der Waals surface area contributed by atoms with Crippen LogP contribution < -0.4 is 10.6 Å². The van der Waals surface area contributed by atoms with Crippen molar-refractivity contribution in [2.45, 2.75) is 39.7 Å². The fourth-order valence-corrected chi connectivity index (χ4v) is 3.05. The number of amides is 4. The van der Waals surface area contributed by atoms with Crippen molar-refractivity contribution in [2.75, 3.05) is 11.9 Å². The van der Waals surface area contributed by atoms with Crippen LogP contribution in [0.25, 0.3) is 0 Å². The number of carbonyl (C=O) groups is 3. The van der Waals surface area contributed by atoms with Gasteiger partial charge in [0.2, 0.25) is 5.91 Å². The number of imide groups is 1. The summed E-state index contributed by atoms with van der Waals surface area (Å²) in [4.78, 5) is 38.1. The average molecular weight is 360 g/mol. The van der Waals surface area contributed by atoms with Gasteiger partial charge in [0.05, 0.1) is 0 Å². The second-order valence-corrected chi connectivity index (χ2v) is 6.46. The second-order valence-electron chi connectivity index (χ2n) is 6.46. The van der Waals surface area contributed by atoms with E-state index in [0.717, 1.165) is 4.90 Å². The van der Waals surface area contributed by atoms with E-state index in [1.807, 2.05) is 0 Å². The van der Waals surface area contributed by atoms with Crippen LogP contribution in [0.15, 0.2) is 21.1 Å². The maximum Gasteiger partial charge on any atom is 0.325 e. The van der Waals surface area contributed by atoms with Crippen molar-refractivity contribution in [3.8, 4) is 0 Å². The smallest absolute Gasteiger partial charge is 0.325 e. The van der Waals surface area contributed by atoms with Gasteiger partial charge in [-0.25, -0.2) is 4.79 Å². The zero-order chi connectivity index (χ0) is 19.1. The Morgan fingerprint density at radius 1 is 1.27 bits per heavy atom. The molecule has 0 saturated carbocycles. The molecule has 3 rings (SSSR count). The molecule has 1 fully saturated rings. The lowest BCUT2D eigenvalue weighted by Crippen LogP contribution is -2.41. The third-order valence-corrected chi connectivity index (χ3v) is 4.31. The zero-order valence-corrected chi connectivity index (χ0v) is 15.0. The van der Waals surface area contributed by atoms with E-state index in [4.69, 9.17) is 8.94 Å². The monoisotopic (exact) mass is 360 g/mol. The highest BCUT2D eigenvalue weighted by molar-refractivity contribution is 6.07. The standard InChI is InChI=1S/C17H20N4O5/c1-9-7-12(11(3)25-9)17(4)15(23)21(16(24)19-17)6-5-14(22)18-13-8-10(2)26-20-13/h7-8H,5-6H2,1-4H3,(H,19,24)(H,18,20,22). The van der Waals surface area contributed by atoms with Crippen molar-refractivity contribution in [1.82, 2.24) is 15.4 Å². The van der Waals surface area contributed by atoms with Crippen LogP contribution in [0.1, 0.15) is 36.2 Å². The first-order valence-corrected chi connectivity index (χ1v) is 8.15. The topological polar surface area (TPSA) is 118 Å². The summed E-state index contributed by atoms with van der Waals surface area (Å²) in [6.07, 6.45) is -0.0510. The van der Waals surface area contributed by atoms with Gasteiger partial charge in [0.25, 0.3) is 5.91 Å². The maximum absolute atomic E-state index is 12.8. The zero-order valence-electron chi connectivity index (χ0n) is 15.0. The molecule has 1 aliphatic rings. The molecule has 1 aliphatic heterocycles. The van der Waals surface area contributed by atoms with Crippen LogP contribution in [0, 0.1) is 20.8 Å². The maximum atomic E-state index is 12.8. The van der Waals surface area contributed by atoms with Crippen LogP contribution in [0.4, 0.5) is 10.6 Å². The molecule has 3 heterocycles. The number of hydrogen-bond donors (Lipinski definition) is 2. The molecule has 1 saturated heterocycles. The minimum absolute atomic E-state index is 0.0429. The van der Waals surface area contributed by atoms with E-state index in [-0.39, 0.29) is 18.9 Å². The number of furan rings is 1. The number of aromatic nitrogens is 1. The van der Waals surface area contributed by atoms with Gasteiger partial charge in [0.1, 0.15) is 22.8 Å². The van der Waals surface area contributed by atoms with E-state index < -0.39 is 17.5 Å². The molecule has 26 heavy (non-hydrogen) atoms. The van der Waals surface area contributed by atoms with E-state index in [9.17, 15) is 14.4 Å². The van der Waals surface area contributed by atoms with Crippen LogP contribution in [-0.2, 0) is 15.1 Å². The Morgan fingerprint density at radius 3 is 2.58 bits per heavy atom. The molecule has 138 valence electrons. The van der Waals surface area contributed by atoms with E-state index in [1.165, 1.54) is 0 Å². The summed E-state index contributed by atoms with van der Waals surface area (Å²) >= 11 is 0. The quantitative estimate of drug-likeness (QED) is 0.787. The number of aryl methyl sites for hydroxylation is 3. The highest BCUT2D eigenvalue weighted by Crippen LogP contribution is 2.32. The van der Waals surface area contributed by atoms with E-state index in [0.29, 0.717) is 28.7 Å². The molecule has 0 radical (unpaired) electrons.